The van der Waals surface area contributed by atoms with Gasteiger partial charge in [0.25, 0.3) is 0 Å². The van der Waals surface area contributed by atoms with Gasteiger partial charge in [0.1, 0.15) is 0 Å². The van der Waals surface area contributed by atoms with Gasteiger partial charge in [-0.05, 0) is 130 Å². The van der Waals surface area contributed by atoms with Gasteiger partial charge in [-0.25, -0.2) is 15.0 Å². The Morgan fingerprint density at radius 3 is 1.01 bits per heavy atom. The third kappa shape index (κ3) is 6.16. The largest absolute Gasteiger partial charge is 0.208 e. The summed E-state index contributed by atoms with van der Waals surface area (Å²) in [6.07, 6.45) is 0. The third-order valence-electron chi connectivity index (χ3n) is 14.9. The molecule has 0 radical (unpaired) electrons. The maximum Gasteiger partial charge on any atom is 0.164 e. The van der Waals surface area contributed by atoms with Crippen LogP contribution in [0.5, 0.6) is 0 Å². The van der Waals surface area contributed by atoms with E-state index in [1.807, 2.05) is 36.4 Å². The summed E-state index contributed by atoms with van der Waals surface area (Å²) in [6, 6.07) is 77.3. The Bertz CT molecular complexity index is 3760. The average Bonchev–Trinajstić information content (AvgIpc) is 3.75. The van der Waals surface area contributed by atoms with Crippen LogP contribution in [0, 0.1) is 0 Å². The Morgan fingerprint density at radius 1 is 0.250 bits per heavy atom. The maximum atomic E-state index is 5.07. The van der Waals surface area contributed by atoms with Crippen LogP contribution in [0.1, 0.15) is 49.9 Å². The van der Waals surface area contributed by atoms with Crippen molar-refractivity contribution in [3.05, 3.63) is 235 Å². The van der Waals surface area contributed by atoms with Crippen LogP contribution >= 0.6 is 0 Å². The highest BCUT2D eigenvalue weighted by Gasteiger charge is 2.39. The molecule has 0 unspecified atom stereocenters. The number of hydrogen-bond donors (Lipinski definition) is 0. The maximum absolute atomic E-state index is 5.07. The van der Waals surface area contributed by atoms with Crippen molar-refractivity contribution in [3.63, 3.8) is 0 Å². The molecule has 0 N–H and O–H groups in total. The molecular weight excluding hydrogens is 823 g/mol. The lowest BCUT2D eigenvalue weighted by molar-refractivity contribution is 0.660. The molecule has 0 saturated heterocycles. The summed E-state index contributed by atoms with van der Waals surface area (Å²) in [7, 11) is 0. The fraction of sp³-hybridized carbons (Fsp3) is 0.0923. The Balaban J connectivity index is 0.909. The molecule has 0 amide bonds. The van der Waals surface area contributed by atoms with Crippen molar-refractivity contribution < 1.29 is 0 Å². The van der Waals surface area contributed by atoms with Gasteiger partial charge in [-0.1, -0.05) is 210 Å². The molecule has 0 atom stereocenters. The van der Waals surface area contributed by atoms with Crippen LogP contribution in [0.2, 0.25) is 0 Å². The van der Waals surface area contributed by atoms with Gasteiger partial charge in [-0.15, -0.1) is 0 Å². The highest BCUT2D eigenvalue weighted by Crippen LogP contribution is 2.55. The fourth-order valence-electron chi connectivity index (χ4n) is 11.4. The Hall–Kier alpha value is -8.27. The lowest BCUT2D eigenvalue weighted by Gasteiger charge is -2.24. The van der Waals surface area contributed by atoms with Gasteiger partial charge in [-0.2, -0.15) is 0 Å². The zero-order chi connectivity index (χ0) is 45.7. The van der Waals surface area contributed by atoms with Gasteiger partial charge in [0.05, 0.1) is 0 Å². The summed E-state index contributed by atoms with van der Waals surface area (Å²) in [4.78, 5) is 15.1. The molecule has 13 rings (SSSR count). The van der Waals surface area contributed by atoms with Gasteiger partial charge in [0.15, 0.2) is 17.5 Å². The third-order valence-corrected chi connectivity index (χ3v) is 14.9. The standard InChI is InChI=1S/C65H47N3/c1-64(2)55-35-44(29-32-47(55)48-34-31-46(37-57(48)64)63-67-61(42-23-13-7-14-24-42)66-62(68-63)43-25-15-8-16-26-43)45-30-33-49-52-38-53-54(39-58(52)65(3,4)56(49)36-45)60(41-21-11-6-12-22-41)51-28-18-17-27-50(51)59(53)40-19-9-5-10-20-40/h5-39H,1-4H3. The molecule has 322 valence electrons. The second-order valence-corrected chi connectivity index (χ2v) is 19.5. The summed E-state index contributed by atoms with van der Waals surface area (Å²) in [6.45, 7) is 9.53. The number of rotatable bonds is 6. The number of hydrogen-bond acceptors (Lipinski definition) is 3. The normalized spacial score (nSPS) is 13.8. The molecule has 2 aliphatic carbocycles. The SMILES string of the molecule is CC1(C)c2cc(-c3ccc4c(c3)C(C)(C)c3cc5c(-c6ccccc6)c6ccccc6c(-c6ccccc6)c5cc3-4)ccc2-c2ccc(-c3nc(-c4ccccc4)nc(-c4ccccc4)n3)cc21. The molecule has 0 aliphatic heterocycles. The molecule has 1 heterocycles. The van der Waals surface area contributed by atoms with Crippen LogP contribution < -0.4 is 0 Å². The van der Waals surface area contributed by atoms with Gasteiger partial charge < -0.3 is 0 Å². The van der Waals surface area contributed by atoms with Crippen LogP contribution in [-0.2, 0) is 10.8 Å². The molecule has 1 aromatic heterocycles. The van der Waals surface area contributed by atoms with E-state index in [1.165, 1.54) is 99.4 Å². The van der Waals surface area contributed by atoms with Crippen molar-refractivity contribution in [2.45, 2.75) is 38.5 Å². The van der Waals surface area contributed by atoms with Crippen LogP contribution in [0.4, 0.5) is 0 Å². The molecule has 0 bridgehead atoms. The first-order valence-corrected chi connectivity index (χ1v) is 23.7. The zero-order valence-electron chi connectivity index (χ0n) is 38.5. The molecule has 10 aromatic carbocycles. The van der Waals surface area contributed by atoms with Crippen molar-refractivity contribution in [3.8, 4) is 89.8 Å². The predicted octanol–water partition coefficient (Wildman–Crippen LogP) is 16.8. The topological polar surface area (TPSA) is 38.7 Å². The summed E-state index contributed by atoms with van der Waals surface area (Å²) < 4.78 is 0. The lowest BCUT2D eigenvalue weighted by Crippen LogP contribution is -2.15. The summed E-state index contributed by atoms with van der Waals surface area (Å²) >= 11 is 0. The van der Waals surface area contributed by atoms with Crippen molar-refractivity contribution in [1.82, 2.24) is 15.0 Å². The number of fused-ring (bicyclic) bond motifs is 8. The van der Waals surface area contributed by atoms with E-state index in [2.05, 4.69) is 204 Å². The number of nitrogens with zero attached hydrogens (tertiary/aromatic N) is 3. The van der Waals surface area contributed by atoms with Crippen LogP contribution in [0.3, 0.4) is 0 Å². The van der Waals surface area contributed by atoms with E-state index >= 15 is 0 Å². The van der Waals surface area contributed by atoms with Crippen molar-refractivity contribution in [2.24, 2.45) is 0 Å². The Labute approximate surface area is 397 Å². The van der Waals surface area contributed by atoms with Crippen LogP contribution in [0.15, 0.2) is 212 Å². The zero-order valence-corrected chi connectivity index (χ0v) is 38.5. The predicted molar refractivity (Wildman–Crippen MR) is 283 cm³/mol. The van der Waals surface area contributed by atoms with E-state index in [1.54, 1.807) is 0 Å². The molecule has 0 spiro atoms. The molecule has 11 aromatic rings. The van der Waals surface area contributed by atoms with E-state index in [0.29, 0.717) is 17.5 Å². The first kappa shape index (κ1) is 40.0. The van der Waals surface area contributed by atoms with Crippen molar-refractivity contribution >= 4 is 21.5 Å². The second kappa shape index (κ2) is 15.1. The van der Waals surface area contributed by atoms with E-state index in [4.69, 9.17) is 15.0 Å². The molecule has 3 nitrogen and oxygen atoms in total. The summed E-state index contributed by atoms with van der Waals surface area (Å²) in [5.41, 5.74) is 20.5. The van der Waals surface area contributed by atoms with Gasteiger partial charge in [0.2, 0.25) is 0 Å². The Kier molecular flexibility index (Phi) is 8.91. The minimum absolute atomic E-state index is 0.222. The number of aromatic nitrogens is 3. The first-order chi connectivity index (χ1) is 33.2. The highest BCUT2D eigenvalue weighted by atomic mass is 15.0. The molecular formula is C65H47N3. The molecule has 0 fully saturated rings. The lowest BCUT2D eigenvalue weighted by atomic mass is 9.79. The van der Waals surface area contributed by atoms with Gasteiger partial charge in [-0.3, -0.25) is 0 Å². The molecule has 3 heteroatoms. The van der Waals surface area contributed by atoms with Crippen LogP contribution in [0.25, 0.3) is 111 Å². The molecule has 0 saturated carbocycles. The quantitative estimate of drug-likeness (QED) is 0.156. The smallest absolute Gasteiger partial charge is 0.164 e. The van der Waals surface area contributed by atoms with E-state index < -0.39 is 0 Å². The minimum atomic E-state index is -0.253. The van der Waals surface area contributed by atoms with E-state index in [-0.39, 0.29) is 10.8 Å². The van der Waals surface area contributed by atoms with Crippen molar-refractivity contribution in [2.75, 3.05) is 0 Å². The minimum Gasteiger partial charge on any atom is -0.208 e. The Morgan fingerprint density at radius 2 is 0.574 bits per heavy atom. The van der Waals surface area contributed by atoms with Gasteiger partial charge >= 0.3 is 0 Å². The summed E-state index contributed by atoms with van der Waals surface area (Å²) in [5.74, 6) is 2.00. The molecule has 2 aliphatic rings. The van der Waals surface area contributed by atoms with E-state index in [9.17, 15) is 0 Å². The first-order valence-electron chi connectivity index (χ1n) is 23.7. The van der Waals surface area contributed by atoms with Crippen LogP contribution in [-0.4, -0.2) is 15.0 Å². The van der Waals surface area contributed by atoms with Crippen molar-refractivity contribution in [1.29, 1.82) is 0 Å². The monoisotopic (exact) mass is 869 g/mol. The average molecular weight is 870 g/mol. The van der Waals surface area contributed by atoms with E-state index in [0.717, 1.165) is 16.7 Å². The number of benzene rings is 10. The molecule has 68 heavy (non-hydrogen) atoms. The fourth-order valence-corrected chi connectivity index (χ4v) is 11.4. The van der Waals surface area contributed by atoms with Gasteiger partial charge in [0, 0.05) is 27.5 Å². The summed E-state index contributed by atoms with van der Waals surface area (Å²) in [5, 5.41) is 5.13. The second-order valence-electron chi connectivity index (χ2n) is 19.5. The highest BCUT2D eigenvalue weighted by molar-refractivity contribution is 6.22.